The van der Waals surface area contributed by atoms with Gasteiger partial charge in [-0.1, -0.05) is 11.6 Å². The zero-order valence-corrected chi connectivity index (χ0v) is 12.6. The van der Waals surface area contributed by atoms with Crippen LogP contribution in [-0.2, 0) is 4.74 Å². The summed E-state index contributed by atoms with van der Waals surface area (Å²) in [6, 6.07) is 2.44. The van der Waals surface area contributed by atoms with Crippen LogP contribution in [0.1, 0.15) is 18.0 Å². The second kappa shape index (κ2) is 8.09. The molecule has 0 amide bonds. The molecule has 0 aromatic heterocycles. The van der Waals surface area contributed by atoms with Crippen molar-refractivity contribution >= 4 is 27.5 Å². The third-order valence-corrected chi connectivity index (χ3v) is 3.76. The summed E-state index contributed by atoms with van der Waals surface area (Å²) in [5.74, 6) is -0.413. The minimum absolute atomic E-state index is 0.114. The highest BCUT2D eigenvalue weighted by atomic mass is 79.9. The Morgan fingerprint density at radius 2 is 2.11 bits per heavy atom. The van der Waals surface area contributed by atoms with Gasteiger partial charge in [0, 0.05) is 22.7 Å². The topological polar surface area (TPSA) is 21.3 Å². The van der Waals surface area contributed by atoms with E-state index in [1.165, 1.54) is 12.1 Å². The fourth-order valence-electron chi connectivity index (χ4n) is 1.63. The molecule has 1 aromatic carbocycles. The molecular weight excluding hydrogens is 346 g/mol. The number of alkyl halides is 2. The Labute approximate surface area is 123 Å². The molecule has 1 atom stereocenters. The highest BCUT2D eigenvalue weighted by Crippen LogP contribution is 2.29. The first-order valence-corrected chi connectivity index (χ1v) is 6.80. The molecule has 1 N–H and O–H groups in total. The summed E-state index contributed by atoms with van der Waals surface area (Å²) in [4.78, 5) is 0. The van der Waals surface area contributed by atoms with Gasteiger partial charge in [-0.2, -0.15) is 0 Å². The molecule has 19 heavy (non-hydrogen) atoms. The first kappa shape index (κ1) is 16.8. The summed E-state index contributed by atoms with van der Waals surface area (Å²) >= 11 is 9.05. The van der Waals surface area contributed by atoms with Crippen molar-refractivity contribution in [3.63, 3.8) is 0 Å². The summed E-state index contributed by atoms with van der Waals surface area (Å²) in [5.41, 5.74) is 0.386. The first-order valence-electron chi connectivity index (χ1n) is 5.63. The predicted octanol–water partition coefficient (Wildman–Crippen LogP) is 4.17. The number of nitrogens with one attached hydrogen (secondary N) is 1. The molecule has 0 saturated carbocycles. The van der Waals surface area contributed by atoms with Gasteiger partial charge in [0.2, 0.25) is 0 Å². The number of halogens is 5. The third-order valence-electron chi connectivity index (χ3n) is 2.56. The Kier molecular flexibility index (Phi) is 7.13. The Morgan fingerprint density at radius 1 is 1.42 bits per heavy atom. The minimum Gasteiger partial charge on any atom is -0.375 e. The molecule has 0 aliphatic carbocycles. The van der Waals surface area contributed by atoms with E-state index in [1.807, 2.05) is 0 Å². The molecule has 108 valence electrons. The van der Waals surface area contributed by atoms with Crippen LogP contribution < -0.4 is 5.32 Å². The van der Waals surface area contributed by atoms with Crippen molar-refractivity contribution in [3.05, 3.63) is 33.0 Å². The molecule has 0 radical (unpaired) electrons. The van der Waals surface area contributed by atoms with Gasteiger partial charge in [-0.05, 0) is 41.5 Å². The molecule has 0 spiro atoms. The molecular formula is C12H14BrClF3NO. The Bertz CT molecular complexity index is 420. The fourth-order valence-corrected chi connectivity index (χ4v) is 2.12. The van der Waals surface area contributed by atoms with Crippen LogP contribution in [0.5, 0.6) is 0 Å². The van der Waals surface area contributed by atoms with Gasteiger partial charge >= 0.3 is 0 Å². The molecule has 0 bridgehead atoms. The largest absolute Gasteiger partial charge is 0.375 e. The summed E-state index contributed by atoms with van der Waals surface area (Å²) in [7, 11) is 1.66. The van der Waals surface area contributed by atoms with Crippen LogP contribution in [0.2, 0.25) is 5.02 Å². The standard InChI is InChI=1S/C12H14BrClF3NO/c1-18-11(2-3-19-6-12(16)17)7-4-9(14)8(13)5-10(7)15/h4-5,11-12,18H,2-3,6H2,1H3. The van der Waals surface area contributed by atoms with Crippen molar-refractivity contribution in [2.45, 2.75) is 18.9 Å². The van der Waals surface area contributed by atoms with E-state index in [2.05, 4.69) is 21.2 Å². The SMILES string of the molecule is CNC(CCOCC(F)F)c1cc(Cl)c(Br)cc1F. The lowest BCUT2D eigenvalue weighted by Crippen LogP contribution is -2.20. The van der Waals surface area contributed by atoms with Crippen LogP contribution in [0.4, 0.5) is 13.2 Å². The van der Waals surface area contributed by atoms with E-state index in [0.29, 0.717) is 21.5 Å². The monoisotopic (exact) mass is 359 g/mol. The second-order valence-corrected chi connectivity index (χ2v) is 5.15. The van der Waals surface area contributed by atoms with Crippen molar-refractivity contribution in [3.8, 4) is 0 Å². The van der Waals surface area contributed by atoms with Crippen molar-refractivity contribution in [1.82, 2.24) is 5.32 Å². The molecule has 0 aliphatic heterocycles. The van der Waals surface area contributed by atoms with E-state index in [-0.39, 0.29) is 12.6 Å². The van der Waals surface area contributed by atoms with Gasteiger partial charge in [0.15, 0.2) is 0 Å². The van der Waals surface area contributed by atoms with Gasteiger partial charge in [0.1, 0.15) is 12.4 Å². The van der Waals surface area contributed by atoms with E-state index >= 15 is 0 Å². The predicted molar refractivity (Wildman–Crippen MR) is 72.4 cm³/mol. The van der Waals surface area contributed by atoms with E-state index in [4.69, 9.17) is 16.3 Å². The van der Waals surface area contributed by atoms with Gasteiger partial charge in [0.25, 0.3) is 6.43 Å². The smallest absolute Gasteiger partial charge is 0.261 e. The summed E-state index contributed by atoms with van der Waals surface area (Å²) in [5, 5.41) is 3.31. The van der Waals surface area contributed by atoms with Crippen molar-refractivity contribution in [2.75, 3.05) is 20.3 Å². The average molecular weight is 361 g/mol. The van der Waals surface area contributed by atoms with E-state index < -0.39 is 18.8 Å². The first-order chi connectivity index (χ1) is 8.95. The van der Waals surface area contributed by atoms with Crippen LogP contribution in [0.15, 0.2) is 16.6 Å². The van der Waals surface area contributed by atoms with Gasteiger partial charge in [-0.25, -0.2) is 13.2 Å². The molecule has 7 heteroatoms. The van der Waals surface area contributed by atoms with Crippen LogP contribution in [0, 0.1) is 5.82 Å². The lowest BCUT2D eigenvalue weighted by Gasteiger charge is -2.18. The van der Waals surface area contributed by atoms with Crippen LogP contribution in [-0.4, -0.2) is 26.7 Å². The molecule has 2 nitrogen and oxygen atoms in total. The maximum Gasteiger partial charge on any atom is 0.261 e. The van der Waals surface area contributed by atoms with Crippen molar-refractivity contribution < 1.29 is 17.9 Å². The van der Waals surface area contributed by atoms with Gasteiger partial charge in [0.05, 0.1) is 5.02 Å². The van der Waals surface area contributed by atoms with Crippen LogP contribution >= 0.6 is 27.5 Å². The fraction of sp³-hybridized carbons (Fsp3) is 0.500. The van der Waals surface area contributed by atoms with Gasteiger partial charge in [-0.3, -0.25) is 0 Å². The molecule has 0 heterocycles. The second-order valence-electron chi connectivity index (χ2n) is 3.88. The summed E-state index contributed by atoms with van der Waals surface area (Å²) in [6.45, 7) is -0.497. The maximum atomic E-state index is 13.8. The molecule has 0 aliphatic rings. The summed E-state index contributed by atoms with van der Waals surface area (Å²) in [6.07, 6.45) is -2.12. The Balaban J connectivity index is 2.67. The highest BCUT2D eigenvalue weighted by molar-refractivity contribution is 9.10. The number of rotatable bonds is 7. The van der Waals surface area contributed by atoms with E-state index in [9.17, 15) is 13.2 Å². The number of hydrogen-bond acceptors (Lipinski definition) is 2. The lowest BCUT2D eigenvalue weighted by molar-refractivity contribution is 0.0144. The van der Waals surface area contributed by atoms with Crippen LogP contribution in [0.3, 0.4) is 0 Å². The maximum absolute atomic E-state index is 13.8. The molecule has 0 fully saturated rings. The number of benzene rings is 1. The lowest BCUT2D eigenvalue weighted by atomic mass is 10.0. The summed E-state index contributed by atoms with van der Waals surface area (Å²) < 4.78 is 42.9. The molecule has 0 saturated heterocycles. The number of hydrogen-bond donors (Lipinski definition) is 1. The Hall–Kier alpha value is -0.300. The molecule has 1 aromatic rings. The van der Waals surface area contributed by atoms with E-state index in [0.717, 1.165) is 0 Å². The minimum atomic E-state index is -2.49. The van der Waals surface area contributed by atoms with Crippen LogP contribution in [0.25, 0.3) is 0 Å². The quantitative estimate of drug-likeness (QED) is 0.582. The van der Waals surface area contributed by atoms with Gasteiger partial charge in [-0.15, -0.1) is 0 Å². The normalized spacial score (nSPS) is 13.0. The van der Waals surface area contributed by atoms with Crippen molar-refractivity contribution in [1.29, 1.82) is 0 Å². The molecule has 1 rings (SSSR count). The molecule has 1 unspecified atom stereocenters. The number of ether oxygens (including phenoxy) is 1. The Morgan fingerprint density at radius 3 is 2.68 bits per heavy atom. The van der Waals surface area contributed by atoms with Crippen molar-refractivity contribution in [2.24, 2.45) is 0 Å². The zero-order valence-electron chi connectivity index (χ0n) is 10.2. The highest BCUT2D eigenvalue weighted by Gasteiger charge is 2.16. The van der Waals surface area contributed by atoms with E-state index in [1.54, 1.807) is 7.05 Å². The zero-order chi connectivity index (χ0) is 14.4. The van der Waals surface area contributed by atoms with Gasteiger partial charge < -0.3 is 10.1 Å². The average Bonchev–Trinajstić information content (AvgIpc) is 2.34. The third kappa shape index (κ3) is 5.30.